The number of rotatable bonds is 6. The van der Waals surface area contributed by atoms with Crippen LogP contribution in [0.2, 0.25) is 0 Å². The van der Waals surface area contributed by atoms with Gasteiger partial charge in [0.15, 0.2) is 0 Å². The summed E-state index contributed by atoms with van der Waals surface area (Å²) in [5.41, 5.74) is 5.76. The Morgan fingerprint density at radius 2 is 1.64 bits per heavy atom. The Bertz CT molecular complexity index is 1400. The minimum absolute atomic E-state index is 0.00222. The van der Waals surface area contributed by atoms with E-state index in [0.717, 1.165) is 11.6 Å². The highest BCUT2D eigenvalue weighted by Gasteiger charge is 2.29. The fourth-order valence-corrected chi connectivity index (χ4v) is 4.90. The fraction of sp³-hybridized carbons (Fsp3) is 0.452. The van der Waals surface area contributed by atoms with E-state index in [-0.39, 0.29) is 36.6 Å². The number of nitro groups is 1. The molecule has 0 aliphatic carbocycles. The van der Waals surface area contributed by atoms with Crippen molar-refractivity contribution in [3.8, 4) is 0 Å². The van der Waals surface area contributed by atoms with Crippen LogP contribution in [0.5, 0.6) is 0 Å². The van der Waals surface area contributed by atoms with Gasteiger partial charge in [-0.05, 0) is 56.2 Å². The van der Waals surface area contributed by atoms with Crippen molar-refractivity contribution in [2.24, 2.45) is 11.7 Å². The monoisotopic (exact) mass is 623 g/mol. The van der Waals surface area contributed by atoms with Crippen LogP contribution in [0, 0.1) is 16.0 Å². The van der Waals surface area contributed by atoms with Crippen LogP contribution in [0.3, 0.4) is 0 Å². The van der Waals surface area contributed by atoms with Gasteiger partial charge in [-0.1, -0.05) is 44.2 Å². The van der Waals surface area contributed by atoms with Crippen molar-refractivity contribution < 1.29 is 28.9 Å². The lowest BCUT2D eigenvalue weighted by Gasteiger charge is -2.25. The molecule has 5 amide bonds. The molecule has 0 spiro atoms. The lowest BCUT2D eigenvalue weighted by molar-refractivity contribution is -0.384. The number of carbonyl (C=O) groups excluding carboxylic acids is 5. The highest BCUT2D eigenvalue weighted by atomic mass is 16.6. The predicted octanol–water partition coefficient (Wildman–Crippen LogP) is 1.54. The van der Waals surface area contributed by atoms with E-state index < -0.39 is 64.3 Å². The number of primary amides is 1. The van der Waals surface area contributed by atoms with Crippen LogP contribution in [0.15, 0.2) is 48.5 Å². The van der Waals surface area contributed by atoms with Gasteiger partial charge >= 0.3 is 0 Å². The third kappa shape index (κ3) is 10.3. The van der Waals surface area contributed by atoms with E-state index in [1.807, 2.05) is 44.2 Å². The molecule has 0 saturated carbocycles. The molecule has 4 rings (SSSR count). The van der Waals surface area contributed by atoms with Crippen molar-refractivity contribution in [2.75, 3.05) is 11.9 Å². The van der Waals surface area contributed by atoms with Crippen LogP contribution >= 0.6 is 0 Å². The molecular weight excluding hydrogens is 582 g/mol. The first kappa shape index (κ1) is 34.5. The molecule has 2 bridgehead atoms. The second kappa shape index (κ2) is 16.2. The molecule has 1 unspecified atom stereocenters. The molecule has 2 heterocycles. The molecule has 0 fully saturated rings. The second-order valence-corrected chi connectivity index (χ2v) is 11.5. The van der Waals surface area contributed by atoms with E-state index in [1.165, 1.54) is 19.1 Å². The summed E-state index contributed by atoms with van der Waals surface area (Å²) in [6.45, 7) is 5.43. The van der Waals surface area contributed by atoms with Gasteiger partial charge in [0, 0.05) is 24.6 Å². The number of hydrogen-bond donors (Lipinski definition) is 6. The van der Waals surface area contributed by atoms with Crippen molar-refractivity contribution >= 4 is 40.9 Å². The molecule has 2 aromatic rings. The van der Waals surface area contributed by atoms with Gasteiger partial charge < -0.3 is 32.3 Å². The summed E-state index contributed by atoms with van der Waals surface area (Å²) in [7, 11) is 0. The summed E-state index contributed by atoms with van der Waals surface area (Å²) in [6, 6.07) is 8.85. The predicted molar refractivity (Wildman–Crippen MR) is 167 cm³/mol. The average molecular weight is 624 g/mol. The van der Waals surface area contributed by atoms with Crippen molar-refractivity contribution in [3.05, 3.63) is 69.8 Å². The standard InChI is InChI=1S/C31H41N7O7/c1-18(2)15-24-31(43)37-25(16-20-9-5-4-6-10-20)30(42)33-14-8-7-11-23(27(32)39)36-28(40)19(3)34-29(41)21-12-13-22(35-24)26(17-21)38(44)45/h4-6,9-10,12-13,17-19,23-25,35H,7-8,11,14-16H2,1-3H3,(H2,32,39)(H,33,42)(H,34,41)(H,36,40)(H,37,43)/t19-,23-,24-,25?/m0/s1. The SMILES string of the molecule is CC(C)C[C@@H]1Nc2ccc(cc2[N+](=O)[O-])C(=O)N[C@@H](C)C(=O)N[C@H](C(N)=O)CCCCNC(=O)C(Cc2ccccc2)NC1=O. The molecule has 242 valence electrons. The molecule has 2 aliphatic rings. The normalized spacial score (nSPS) is 22.2. The van der Waals surface area contributed by atoms with E-state index in [1.54, 1.807) is 0 Å². The zero-order valence-electron chi connectivity index (χ0n) is 25.6. The van der Waals surface area contributed by atoms with Gasteiger partial charge in [0.2, 0.25) is 23.6 Å². The summed E-state index contributed by atoms with van der Waals surface area (Å²) in [5, 5.41) is 25.7. The summed E-state index contributed by atoms with van der Waals surface area (Å²) < 4.78 is 0. The molecule has 14 nitrogen and oxygen atoms in total. The maximum atomic E-state index is 13.6. The van der Waals surface area contributed by atoms with Gasteiger partial charge in [0.1, 0.15) is 29.9 Å². The number of carbonyl (C=O) groups is 5. The minimum atomic E-state index is -1.09. The molecule has 7 N–H and O–H groups in total. The van der Waals surface area contributed by atoms with E-state index in [2.05, 4.69) is 26.6 Å². The number of amides is 5. The van der Waals surface area contributed by atoms with Gasteiger partial charge in [-0.15, -0.1) is 0 Å². The number of nitrogens with zero attached hydrogens (tertiary/aromatic N) is 1. The number of fused-ring (bicyclic) bond motifs is 18. The zero-order valence-corrected chi connectivity index (χ0v) is 25.6. The van der Waals surface area contributed by atoms with Crippen LogP contribution < -0.4 is 32.3 Å². The molecule has 0 aromatic heterocycles. The van der Waals surface area contributed by atoms with Gasteiger partial charge in [-0.3, -0.25) is 34.1 Å². The largest absolute Gasteiger partial charge is 0.368 e. The minimum Gasteiger partial charge on any atom is -0.368 e. The Balaban J connectivity index is 1.98. The molecule has 14 heteroatoms. The van der Waals surface area contributed by atoms with Crippen LogP contribution in [-0.2, 0) is 25.6 Å². The van der Waals surface area contributed by atoms with E-state index in [9.17, 15) is 34.1 Å². The highest BCUT2D eigenvalue weighted by Crippen LogP contribution is 2.27. The quantitative estimate of drug-likeness (QED) is 0.157. The van der Waals surface area contributed by atoms with Crippen LogP contribution in [0.4, 0.5) is 11.4 Å². The average Bonchev–Trinajstić information content (AvgIpc) is 2.99. The van der Waals surface area contributed by atoms with Crippen molar-refractivity contribution in [1.29, 1.82) is 0 Å². The molecule has 4 atom stereocenters. The number of nitro benzene ring substituents is 1. The smallest absolute Gasteiger partial charge is 0.293 e. The van der Waals surface area contributed by atoms with Crippen LogP contribution in [0.25, 0.3) is 0 Å². The van der Waals surface area contributed by atoms with E-state index >= 15 is 0 Å². The zero-order chi connectivity index (χ0) is 33.1. The van der Waals surface area contributed by atoms with Gasteiger partial charge in [0.05, 0.1) is 4.92 Å². The van der Waals surface area contributed by atoms with Crippen molar-refractivity contribution in [2.45, 2.75) is 77.0 Å². The highest BCUT2D eigenvalue weighted by molar-refractivity contribution is 5.99. The Morgan fingerprint density at radius 1 is 0.933 bits per heavy atom. The van der Waals surface area contributed by atoms with Crippen molar-refractivity contribution in [1.82, 2.24) is 21.3 Å². The molecular formula is C31H41N7O7. The van der Waals surface area contributed by atoms with Crippen LogP contribution in [-0.4, -0.2) is 65.2 Å². The first-order valence-electron chi connectivity index (χ1n) is 14.9. The topological polar surface area (TPSA) is 215 Å². The fourth-order valence-electron chi connectivity index (χ4n) is 4.90. The number of anilines is 1. The van der Waals surface area contributed by atoms with Gasteiger partial charge in [-0.2, -0.15) is 0 Å². The Labute approximate surface area is 261 Å². The third-order valence-electron chi connectivity index (χ3n) is 7.35. The summed E-state index contributed by atoms with van der Waals surface area (Å²) in [6.07, 6.45) is 1.57. The molecule has 2 aromatic carbocycles. The van der Waals surface area contributed by atoms with Gasteiger partial charge in [-0.25, -0.2) is 0 Å². The van der Waals surface area contributed by atoms with E-state index in [0.29, 0.717) is 19.3 Å². The molecule has 0 saturated heterocycles. The Morgan fingerprint density at radius 3 is 2.29 bits per heavy atom. The summed E-state index contributed by atoms with van der Waals surface area (Å²) in [4.78, 5) is 76.0. The Kier molecular flexibility index (Phi) is 12.4. The molecule has 0 radical (unpaired) electrons. The maximum absolute atomic E-state index is 13.6. The molecule has 45 heavy (non-hydrogen) atoms. The second-order valence-electron chi connectivity index (χ2n) is 11.5. The summed E-state index contributed by atoms with van der Waals surface area (Å²) >= 11 is 0. The van der Waals surface area contributed by atoms with Crippen LogP contribution in [0.1, 0.15) is 62.4 Å². The Hall–Kier alpha value is -5.01. The number of hydrogen-bond acceptors (Lipinski definition) is 8. The number of nitrogens with two attached hydrogens (primary N) is 1. The maximum Gasteiger partial charge on any atom is 0.293 e. The van der Waals surface area contributed by atoms with E-state index in [4.69, 9.17) is 5.73 Å². The molecule has 2 aliphatic heterocycles. The lowest BCUT2D eigenvalue weighted by Crippen LogP contribution is -2.52. The lowest BCUT2D eigenvalue weighted by atomic mass is 10.0. The first-order valence-corrected chi connectivity index (χ1v) is 14.9. The van der Waals surface area contributed by atoms with Gasteiger partial charge in [0.25, 0.3) is 11.6 Å². The van der Waals surface area contributed by atoms with Crippen molar-refractivity contribution in [3.63, 3.8) is 0 Å². The number of nitrogens with one attached hydrogen (secondary N) is 5. The first-order chi connectivity index (χ1) is 21.3. The number of benzene rings is 2. The summed E-state index contributed by atoms with van der Waals surface area (Å²) in [5.74, 6) is -3.11. The third-order valence-corrected chi connectivity index (χ3v) is 7.35.